The lowest BCUT2D eigenvalue weighted by molar-refractivity contribution is -0.131. The van der Waals surface area contributed by atoms with Crippen LogP contribution in [0.15, 0.2) is 48.8 Å². The van der Waals surface area contributed by atoms with E-state index in [4.69, 9.17) is 0 Å². The van der Waals surface area contributed by atoms with Gasteiger partial charge in [0, 0.05) is 43.3 Å². The number of carbonyl (C=O) groups is 1. The maximum Gasteiger partial charge on any atom is 0.225 e. The molecule has 1 saturated carbocycles. The molecular formula is C25H27N5O. The molecule has 2 fully saturated rings. The summed E-state index contributed by atoms with van der Waals surface area (Å²) in [7, 11) is 0. The van der Waals surface area contributed by atoms with Crippen molar-refractivity contribution in [3.8, 4) is 22.5 Å². The first-order valence-corrected chi connectivity index (χ1v) is 11.4. The third-order valence-corrected chi connectivity index (χ3v) is 6.89. The molecule has 0 unspecified atom stereocenters. The minimum atomic E-state index is 0.310. The quantitative estimate of drug-likeness (QED) is 0.690. The number of hydrogen-bond acceptors (Lipinski definition) is 4. The lowest BCUT2D eigenvalue weighted by atomic mass is 10.0. The van der Waals surface area contributed by atoms with E-state index in [1.165, 1.54) is 22.4 Å². The summed E-state index contributed by atoms with van der Waals surface area (Å²) in [5.74, 6) is 2.04. The van der Waals surface area contributed by atoms with Gasteiger partial charge in [-0.05, 0) is 60.4 Å². The monoisotopic (exact) mass is 413 g/mol. The lowest BCUT2D eigenvalue weighted by Crippen LogP contribution is -2.30. The van der Waals surface area contributed by atoms with Crippen molar-refractivity contribution in [2.75, 3.05) is 25.0 Å². The summed E-state index contributed by atoms with van der Waals surface area (Å²) >= 11 is 0. The van der Waals surface area contributed by atoms with E-state index in [0.717, 1.165) is 63.3 Å². The molecule has 1 aromatic heterocycles. The van der Waals surface area contributed by atoms with E-state index < -0.39 is 0 Å². The number of likely N-dealkylation sites (tertiary alicyclic amines) is 1. The third kappa shape index (κ3) is 3.60. The number of hydrogen-bond donors (Lipinski definition) is 1. The first-order valence-electron chi connectivity index (χ1n) is 11.4. The Hall–Kier alpha value is -3.15. The Morgan fingerprint density at radius 2 is 1.84 bits per heavy atom. The van der Waals surface area contributed by atoms with Crippen molar-refractivity contribution in [1.82, 2.24) is 19.7 Å². The first kappa shape index (κ1) is 18.6. The fourth-order valence-electron chi connectivity index (χ4n) is 4.96. The highest BCUT2D eigenvalue weighted by Crippen LogP contribution is 2.34. The molecule has 1 amide bonds. The summed E-state index contributed by atoms with van der Waals surface area (Å²) in [5, 5.41) is 12.0. The van der Waals surface area contributed by atoms with Crippen LogP contribution in [0.1, 0.15) is 24.8 Å². The number of aromatic nitrogens is 3. The van der Waals surface area contributed by atoms with Gasteiger partial charge >= 0.3 is 0 Å². The van der Waals surface area contributed by atoms with Crippen molar-refractivity contribution >= 4 is 11.6 Å². The molecule has 1 atom stereocenters. The summed E-state index contributed by atoms with van der Waals surface area (Å²) in [6, 6.07) is 15.3. The standard InChI is InChI=1S/C25H27N5O/c31-25(20-5-6-20)29-12-10-17(14-29)15-30-16-27-28-24(30)19-3-1-18(2-4-19)21-7-8-23-22(13-21)9-11-26-23/h1-4,7-8,13,16-17,20,26H,5-6,9-12,14-15H2/t17-/m1/s1. The summed E-state index contributed by atoms with van der Waals surface area (Å²) < 4.78 is 2.14. The zero-order valence-electron chi connectivity index (χ0n) is 17.6. The van der Waals surface area contributed by atoms with Gasteiger partial charge in [-0.15, -0.1) is 10.2 Å². The second kappa shape index (κ2) is 7.52. The Kier molecular flexibility index (Phi) is 4.51. The number of nitrogens with one attached hydrogen (secondary N) is 1. The molecule has 2 aromatic carbocycles. The summed E-state index contributed by atoms with van der Waals surface area (Å²) in [6.07, 6.45) is 6.13. The van der Waals surface area contributed by atoms with Gasteiger partial charge in [0.15, 0.2) is 5.82 Å². The Balaban J connectivity index is 1.17. The van der Waals surface area contributed by atoms with E-state index in [2.05, 4.69) is 67.4 Å². The third-order valence-electron chi connectivity index (χ3n) is 6.89. The zero-order valence-corrected chi connectivity index (χ0v) is 17.6. The van der Waals surface area contributed by atoms with Crippen LogP contribution in [0, 0.1) is 11.8 Å². The molecule has 158 valence electrons. The highest BCUT2D eigenvalue weighted by atomic mass is 16.2. The number of amides is 1. The van der Waals surface area contributed by atoms with Crippen LogP contribution >= 0.6 is 0 Å². The molecule has 2 aliphatic heterocycles. The zero-order chi connectivity index (χ0) is 20.8. The highest BCUT2D eigenvalue weighted by molar-refractivity contribution is 5.81. The normalized spacial score (nSPS) is 20.0. The van der Waals surface area contributed by atoms with Gasteiger partial charge < -0.3 is 14.8 Å². The van der Waals surface area contributed by atoms with Crippen molar-refractivity contribution < 1.29 is 4.79 Å². The second-order valence-electron chi connectivity index (χ2n) is 9.15. The van der Waals surface area contributed by atoms with E-state index in [9.17, 15) is 4.79 Å². The fourth-order valence-corrected chi connectivity index (χ4v) is 4.96. The Morgan fingerprint density at radius 3 is 2.68 bits per heavy atom. The summed E-state index contributed by atoms with van der Waals surface area (Å²) in [5.41, 5.74) is 6.20. The Morgan fingerprint density at radius 1 is 1.03 bits per heavy atom. The van der Waals surface area contributed by atoms with Crippen LogP contribution in [0.2, 0.25) is 0 Å². The Bertz CT molecular complexity index is 1120. The molecule has 0 spiro atoms. The number of anilines is 1. The van der Waals surface area contributed by atoms with Gasteiger partial charge in [0.1, 0.15) is 6.33 Å². The molecule has 3 heterocycles. The number of benzene rings is 2. The van der Waals surface area contributed by atoms with Gasteiger partial charge in [-0.3, -0.25) is 4.79 Å². The SMILES string of the molecule is O=C(C1CC1)N1CC[C@@H](Cn2cnnc2-c2ccc(-c3ccc4c(c3)CCN4)cc2)C1. The van der Waals surface area contributed by atoms with Gasteiger partial charge in [-0.25, -0.2) is 0 Å². The molecule has 1 N–H and O–H groups in total. The van der Waals surface area contributed by atoms with Crippen LogP contribution in [-0.2, 0) is 17.8 Å². The van der Waals surface area contributed by atoms with E-state index in [1.807, 2.05) is 6.33 Å². The molecule has 1 aliphatic carbocycles. The van der Waals surface area contributed by atoms with Crippen molar-refractivity contribution in [3.05, 3.63) is 54.4 Å². The minimum absolute atomic E-state index is 0.310. The number of carbonyl (C=O) groups excluding carboxylic acids is 1. The number of fused-ring (bicyclic) bond motifs is 1. The van der Waals surface area contributed by atoms with E-state index in [1.54, 1.807) is 0 Å². The average Bonchev–Trinajstić information content (AvgIpc) is 3.17. The topological polar surface area (TPSA) is 63.1 Å². The van der Waals surface area contributed by atoms with Gasteiger partial charge in [-0.1, -0.05) is 30.3 Å². The maximum atomic E-state index is 12.3. The van der Waals surface area contributed by atoms with Gasteiger partial charge in [0.2, 0.25) is 5.91 Å². The predicted molar refractivity (Wildman–Crippen MR) is 120 cm³/mol. The van der Waals surface area contributed by atoms with Crippen molar-refractivity contribution in [2.24, 2.45) is 11.8 Å². The smallest absolute Gasteiger partial charge is 0.225 e. The molecule has 3 aromatic rings. The molecule has 31 heavy (non-hydrogen) atoms. The van der Waals surface area contributed by atoms with Crippen molar-refractivity contribution in [2.45, 2.75) is 32.2 Å². The molecule has 1 saturated heterocycles. The van der Waals surface area contributed by atoms with Crippen molar-refractivity contribution in [3.63, 3.8) is 0 Å². The summed E-state index contributed by atoms with van der Waals surface area (Å²) in [4.78, 5) is 14.4. The molecule has 6 heteroatoms. The van der Waals surface area contributed by atoms with Crippen LogP contribution in [0.5, 0.6) is 0 Å². The second-order valence-corrected chi connectivity index (χ2v) is 9.15. The molecular weight excluding hydrogens is 386 g/mol. The van der Waals surface area contributed by atoms with E-state index in [0.29, 0.717) is 17.7 Å². The fraction of sp³-hybridized carbons (Fsp3) is 0.400. The van der Waals surface area contributed by atoms with Gasteiger partial charge in [0.05, 0.1) is 0 Å². The molecule has 3 aliphatic rings. The lowest BCUT2D eigenvalue weighted by Gasteiger charge is -2.17. The number of nitrogens with zero attached hydrogens (tertiary/aromatic N) is 4. The maximum absolute atomic E-state index is 12.3. The van der Waals surface area contributed by atoms with Gasteiger partial charge in [0.25, 0.3) is 0 Å². The minimum Gasteiger partial charge on any atom is -0.384 e. The van der Waals surface area contributed by atoms with Gasteiger partial charge in [-0.2, -0.15) is 0 Å². The largest absolute Gasteiger partial charge is 0.384 e. The van der Waals surface area contributed by atoms with E-state index in [-0.39, 0.29) is 0 Å². The van der Waals surface area contributed by atoms with E-state index >= 15 is 0 Å². The highest BCUT2D eigenvalue weighted by Gasteiger charge is 2.36. The average molecular weight is 414 g/mol. The van der Waals surface area contributed by atoms with Crippen LogP contribution in [0.25, 0.3) is 22.5 Å². The van der Waals surface area contributed by atoms with Crippen LogP contribution in [0.3, 0.4) is 0 Å². The molecule has 6 nitrogen and oxygen atoms in total. The van der Waals surface area contributed by atoms with Crippen LogP contribution in [0.4, 0.5) is 5.69 Å². The molecule has 0 radical (unpaired) electrons. The number of rotatable bonds is 5. The molecule has 0 bridgehead atoms. The Labute approximate surface area is 182 Å². The van der Waals surface area contributed by atoms with Crippen molar-refractivity contribution in [1.29, 1.82) is 0 Å². The molecule has 6 rings (SSSR count). The predicted octanol–water partition coefficient (Wildman–Crippen LogP) is 3.84. The van der Waals surface area contributed by atoms with Crippen LogP contribution in [-0.4, -0.2) is 45.2 Å². The van der Waals surface area contributed by atoms with Crippen LogP contribution < -0.4 is 5.32 Å². The first-order chi connectivity index (χ1) is 15.2. The summed E-state index contributed by atoms with van der Waals surface area (Å²) in [6.45, 7) is 3.64.